The lowest BCUT2D eigenvalue weighted by atomic mass is 9.96. The summed E-state index contributed by atoms with van der Waals surface area (Å²) in [4.78, 5) is 28.1. The highest BCUT2D eigenvalue weighted by molar-refractivity contribution is 5.76. The molecule has 0 aliphatic heterocycles. The van der Waals surface area contributed by atoms with Gasteiger partial charge in [0.2, 0.25) is 11.8 Å². The van der Waals surface area contributed by atoms with E-state index < -0.39 is 0 Å². The standard InChI is InChI=1S/C20H32N4O3/c1-15(2)27-19-16(8-6-12-21-19)14-23-18(25)11-7-13-22-20(26)24-17-9-4-3-5-10-17/h6,8,12,15,17H,3-5,7,9-11,13-14H2,1-2H3,(H,23,25)(H2,22,24,26). The van der Waals surface area contributed by atoms with Crippen LogP contribution >= 0.6 is 0 Å². The largest absolute Gasteiger partial charge is 0.475 e. The number of pyridine rings is 1. The first kappa shape index (κ1) is 21.0. The van der Waals surface area contributed by atoms with Crippen LogP contribution in [0.15, 0.2) is 18.3 Å². The first-order valence-corrected chi connectivity index (χ1v) is 9.96. The minimum atomic E-state index is -0.131. The van der Waals surface area contributed by atoms with Gasteiger partial charge in [-0.15, -0.1) is 0 Å². The van der Waals surface area contributed by atoms with Crippen LogP contribution in [0.1, 0.15) is 64.4 Å². The predicted molar refractivity (Wildman–Crippen MR) is 104 cm³/mol. The van der Waals surface area contributed by atoms with Crippen molar-refractivity contribution in [3.8, 4) is 5.88 Å². The van der Waals surface area contributed by atoms with Crippen LogP contribution in [-0.2, 0) is 11.3 Å². The Labute approximate surface area is 161 Å². The molecule has 1 aliphatic carbocycles. The van der Waals surface area contributed by atoms with Gasteiger partial charge in [-0.3, -0.25) is 4.79 Å². The Bertz CT molecular complexity index is 601. The molecule has 1 aromatic heterocycles. The fourth-order valence-corrected chi connectivity index (χ4v) is 3.10. The van der Waals surface area contributed by atoms with Crippen LogP contribution < -0.4 is 20.7 Å². The molecule has 2 rings (SSSR count). The van der Waals surface area contributed by atoms with Crippen molar-refractivity contribution in [3.05, 3.63) is 23.9 Å². The number of nitrogens with one attached hydrogen (secondary N) is 3. The molecule has 1 saturated carbocycles. The third-order valence-electron chi connectivity index (χ3n) is 4.48. The first-order chi connectivity index (χ1) is 13.0. The van der Waals surface area contributed by atoms with E-state index in [-0.39, 0.29) is 18.0 Å². The Morgan fingerprint density at radius 1 is 1.22 bits per heavy atom. The van der Waals surface area contributed by atoms with Crippen molar-refractivity contribution in [2.75, 3.05) is 6.54 Å². The number of carbonyl (C=O) groups is 2. The summed E-state index contributed by atoms with van der Waals surface area (Å²) in [7, 11) is 0. The van der Waals surface area contributed by atoms with Crippen molar-refractivity contribution in [2.24, 2.45) is 0 Å². The summed E-state index contributed by atoms with van der Waals surface area (Å²) in [5, 5.41) is 8.71. The molecule has 0 unspecified atom stereocenters. The van der Waals surface area contributed by atoms with Gasteiger partial charge in [-0.05, 0) is 39.2 Å². The predicted octanol–water partition coefficient (Wildman–Crippen LogP) is 2.90. The maximum absolute atomic E-state index is 12.0. The lowest BCUT2D eigenvalue weighted by molar-refractivity contribution is -0.121. The highest BCUT2D eigenvalue weighted by Crippen LogP contribution is 2.17. The average molecular weight is 377 g/mol. The van der Waals surface area contributed by atoms with Crippen LogP contribution in [0.5, 0.6) is 5.88 Å². The molecule has 0 spiro atoms. The van der Waals surface area contributed by atoms with Crippen LogP contribution in [0, 0.1) is 0 Å². The van der Waals surface area contributed by atoms with Crippen molar-refractivity contribution in [1.29, 1.82) is 0 Å². The lowest BCUT2D eigenvalue weighted by Crippen LogP contribution is -2.43. The molecular formula is C20H32N4O3. The number of carbonyl (C=O) groups excluding carboxylic acids is 2. The molecular weight excluding hydrogens is 344 g/mol. The molecule has 0 radical (unpaired) electrons. The second-order valence-electron chi connectivity index (χ2n) is 7.25. The maximum Gasteiger partial charge on any atom is 0.315 e. The van der Waals surface area contributed by atoms with Crippen LogP contribution in [0.3, 0.4) is 0 Å². The highest BCUT2D eigenvalue weighted by atomic mass is 16.5. The van der Waals surface area contributed by atoms with Crippen LogP contribution in [0.2, 0.25) is 0 Å². The van der Waals surface area contributed by atoms with E-state index in [9.17, 15) is 9.59 Å². The molecule has 3 N–H and O–H groups in total. The minimum absolute atomic E-state index is 0.0279. The second kappa shape index (κ2) is 11.4. The van der Waals surface area contributed by atoms with Crippen molar-refractivity contribution >= 4 is 11.9 Å². The summed E-state index contributed by atoms with van der Waals surface area (Å²) in [6.07, 6.45) is 8.43. The van der Waals surface area contributed by atoms with Gasteiger partial charge in [0.05, 0.1) is 6.10 Å². The molecule has 1 fully saturated rings. The Balaban J connectivity index is 1.60. The van der Waals surface area contributed by atoms with Gasteiger partial charge in [0.25, 0.3) is 0 Å². The molecule has 0 bridgehead atoms. The topological polar surface area (TPSA) is 92.3 Å². The number of ether oxygens (including phenoxy) is 1. The summed E-state index contributed by atoms with van der Waals surface area (Å²) in [6.45, 7) is 4.74. The Hall–Kier alpha value is -2.31. The fourth-order valence-electron chi connectivity index (χ4n) is 3.10. The van der Waals surface area contributed by atoms with Gasteiger partial charge < -0.3 is 20.7 Å². The van der Waals surface area contributed by atoms with Gasteiger partial charge in [0, 0.05) is 37.3 Å². The summed E-state index contributed by atoms with van der Waals surface area (Å²) in [5.74, 6) is 0.498. The van der Waals surface area contributed by atoms with Crippen LogP contribution in [0.25, 0.3) is 0 Å². The zero-order valence-electron chi connectivity index (χ0n) is 16.4. The molecule has 3 amide bonds. The van der Waals surface area contributed by atoms with E-state index in [0.29, 0.717) is 37.9 Å². The van der Waals surface area contributed by atoms with Crippen LogP contribution in [-0.4, -0.2) is 35.6 Å². The van der Waals surface area contributed by atoms with E-state index in [0.717, 1.165) is 18.4 Å². The van der Waals surface area contributed by atoms with E-state index in [2.05, 4.69) is 20.9 Å². The number of urea groups is 1. The molecule has 150 valence electrons. The highest BCUT2D eigenvalue weighted by Gasteiger charge is 2.15. The van der Waals surface area contributed by atoms with Crippen molar-refractivity contribution in [1.82, 2.24) is 20.9 Å². The SMILES string of the molecule is CC(C)Oc1ncccc1CNC(=O)CCCNC(=O)NC1CCCCC1. The average Bonchev–Trinajstić information content (AvgIpc) is 2.65. The number of nitrogens with zero attached hydrogens (tertiary/aromatic N) is 1. The van der Waals surface area contributed by atoms with E-state index in [4.69, 9.17) is 4.74 Å². The van der Waals surface area contributed by atoms with Crippen LogP contribution in [0.4, 0.5) is 4.79 Å². The molecule has 0 atom stereocenters. The second-order valence-corrected chi connectivity index (χ2v) is 7.25. The maximum atomic E-state index is 12.0. The van der Waals surface area contributed by atoms with Gasteiger partial charge in [0.15, 0.2) is 0 Å². The van der Waals surface area contributed by atoms with Gasteiger partial charge in [-0.2, -0.15) is 0 Å². The van der Waals surface area contributed by atoms with E-state index >= 15 is 0 Å². The third-order valence-corrected chi connectivity index (χ3v) is 4.48. The van der Waals surface area contributed by atoms with Crippen molar-refractivity contribution < 1.29 is 14.3 Å². The van der Waals surface area contributed by atoms with Gasteiger partial charge in [0.1, 0.15) is 0 Å². The molecule has 1 aliphatic rings. The lowest BCUT2D eigenvalue weighted by Gasteiger charge is -2.22. The summed E-state index contributed by atoms with van der Waals surface area (Å²) < 4.78 is 5.65. The van der Waals surface area contributed by atoms with Crippen molar-refractivity contribution in [3.63, 3.8) is 0 Å². The monoisotopic (exact) mass is 376 g/mol. The smallest absolute Gasteiger partial charge is 0.315 e. The molecule has 0 saturated heterocycles. The van der Waals surface area contributed by atoms with E-state index in [1.54, 1.807) is 6.20 Å². The molecule has 7 heteroatoms. The normalized spacial score (nSPS) is 14.6. The molecule has 1 heterocycles. The zero-order valence-corrected chi connectivity index (χ0v) is 16.4. The molecule has 7 nitrogen and oxygen atoms in total. The van der Waals surface area contributed by atoms with E-state index in [1.807, 2.05) is 26.0 Å². The molecule has 27 heavy (non-hydrogen) atoms. The Morgan fingerprint density at radius 2 is 2.00 bits per heavy atom. The van der Waals surface area contributed by atoms with Crippen molar-refractivity contribution in [2.45, 2.75) is 77.5 Å². The summed E-state index contributed by atoms with van der Waals surface area (Å²) in [5.41, 5.74) is 0.851. The van der Waals surface area contributed by atoms with Gasteiger partial charge in [-0.25, -0.2) is 9.78 Å². The number of hydrogen-bond donors (Lipinski definition) is 3. The van der Waals surface area contributed by atoms with E-state index in [1.165, 1.54) is 19.3 Å². The number of amides is 3. The third kappa shape index (κ3) is 8.28. The number of rotatable bonds is 9. The zero-order chi connectivity index (χ0) is 19.5. The quantitative estimate of drug-likeness (QED) is 0.578. The van der Waals surface area contributed by atoms with Gasteiger partial charge in [-0.1, -0.05) is 25.3 Å². The number of aromatic nitrogens is 1. The molecule has 0 aromatic carbocycles. The van der Waals surface area contributed by atoms with Gasteiger partial charge >= 0.3 is 6.03 Å². The summed E-state index contributed by atoms with van der Waals surface area (Å²) in [6, 6.07) is 3.88. The minimum Gasteiger partial charge on any atom is -0.475 e. The molecule has 1 aromatic rings. The summed E-state index contributed by atoms with van der Waals surface area (Å²) >= 11 is 0. The Morgan fingerprint density at radius 3 is 2.74 bits per heavy atom. The first-order valence-electron chi connectivity index (χ1n) is 9.96. The Kier molecular flexibility index (Phi) is 8.87. The fraction of sp³-hybridized carbons (Fsp3) is 0.650. The number of hydrogen-bond acceptors (Lipinski definition) is 4.